The van der Waals surface area contributed by atoms with E-state index in [1.54, 1.807) is 6.07 Å². The monoisotopic (exact) mass is 271 g/mol. The van der Waals surface area contributed by atoms with Crippen LogP contribution in [0.5, 0.6) is 5.75 Å². The second-order valence-electron chi connectivity index (χ2n) is 3.93. The first kappa shape index (κ1) is 12.6. The lowest BCUT2D eigenvalue weighted by atomic mass is 10.1. The first-order chi connectivity index (χ1) is 8.18. The molecule has 0 spiro atoms. The average Bonchev–Trinajstić information content (AvgIpc) is 2.30. The van der Waals surface area contributed by atoms with Crippen molar-refractivity contribution in [2.45, 2.75) is 18.9 Å². The summed E-state index contributed by atoms with van der Waals surface area (Å²) in [7, 11) is 0. The average molecular weight is 272 g/mol. The van der Waals surface area contributed by atoms with E-state index in [4.69, 9.17) is 39.0 Å². The van der Waals surface area contributed by atoms with Crippen LogP contribution in [0.3, 0.4) is 0 Å². The molecule has 1 fully saturated rings. The molecule has 92 valence electrons. The van der Waals surface area contributed by atoms with Crippen molar-refractivity contribution < 1.29 is 9.47 Å². The van der Waals surface area contributed by atoms with E-state index in [2.05, 4.69) is 0 Å². The Balaban J connectivity index is 2.19. The van der Waals surface area contributed by atoms with Gasteiger partial charge in [0.05, 0.1) is 17.2 Å². The molecule has 1 unspecified atom stereocenters. The molecule has 0 radical (unpaired) electrons. The number of rotatable bonds is 3. The van der Waals surface area contributed by atoms with Crippen LogP contribution in [0.15, 0.2) is 18.2 Å². The molecule has 0 bridgehead atoms. The normalized spacial score (nSPS) is 19.9. The maximum absolute atomic E-state index is 6.06. The van der Waals surface area contributed by atoms with Crippen LogP contribution in [0.25, 0.3) is 0 Å². The largest absolute Gasteiger partial charge is 0.487 e. The summed E-state index contributed by atoms with van der Waals surface area (Å²) in [6.45, 7) is 1.40. The van der Waals surface area contributed by atoms with E-state index in [1.807, 2.05) is 12.1 Å². The van der Waals surface area contributed by atoms with Gasteiger partial charge in [-0.05, 0) is 25.0 Å². The van der Waals surface area contributed by atoms with Crippen LogP contribution < -0.4 is 10.5 Å². The highest BCUT2D eigenvalue weighted by Gasteiger charge is 2.18. The Morgan fingerprint density at radius 3 is 3.00 bits per heavy atom. The highest BCUT2D eigenvalue weighted by molar-refractivity contribution is 7.80. The first-order valence-electron chi connectivity index (χ1n) is 5.51. The molecule has 0 aromatic heterocycles. The zero-order valence-corrected chi connectivity index (χ0v) is 10.9. The Kier molecular flexibility index (Phi) is 4.20. The third-order valence-corrected chi connectivity index (χ3v) is 3.15. The molecule has 0 saturated carbocycles. The third-order valence-electron chi connectivity index (χ3n) is 2.63. The molecule has 1 aliphatic heterocycles. The Bertz CT molecular complexity index is 419. The van der Waals surface area contributed by atoms with Crippen LogP contribution in [0.1, 0.15) is 18.4 Å². The van der Waals surface area contributed by atoms with Gasteiger partial charge in [0, 0.05) is 6.61 Å². The van der Waals surface area contributed by atoms with E-state index in [1.165, 1.54) is 0 Å². The molecule has 17 heavy (non-hydrogen) atoms. The summed E-state index contributed by atoms with van der Waals surface area (Å²) >= 11 is 11.1. The summed E-state index contributed by atoms with van der Waals surface area (Å²) < 4.78 is 11.2. The number of hydrogen-bond acceptors (Lipinski definition) is 3. The van der Waals surface area contributed by atoms with Gasteiger partial charge in [-0.15, -0.1) is 0 Å². The van der Waals surface area contributed by atoms with Crippen molar-refractivity contribution in [2.75, 3.05) is 13.2 Å². The van der Waals surface area contributed by atoms with Gasteiger partial charge in [0.2, 0.25) is 0 Å². The van der Waals surface area contributed by atoms with Crippen LogP contribution in [0.4, 0.5) is 0 Å². The number of hydrogen-bond donors (Lipinski definition) is 1. The van der Waals surface area contributed by atoms with Gasteiger partial charge in [-0.25, -0.2) is 0 Å². The summed E-state index contributed by atoms with van der Waals surface area (Å²) in [5, 5.41) is 0.520. The minimum absolute atomic E-state index is 0.0512. The molecule has 5 heteroatoms. The zero-order chi connectivity index (χ0) is 12.3. The second kappa shape index (κ2) is 5.67. The SMILES string of the molecule is NC(=S)c1c(Cl)cccc1OC1CCCOC1. The maximum atomic E-state index is 6.06. The van der Waals surface area contributed by atoms with Crippen LogP contribution in [-0.4, -0.2) is 24.3 Å². The predicted octanol–water partition coefficient (Wildman–Crippen LogP) is 2.53. The van der Waals surface area contributed by atoms with Crippen molar-refractivity contribution in [1.82, 2.24) is 0 Å². The molecule has 1 saturated heterocycles. The highest BCUT2D eigenvalue weighted by atomic mass is 35.5. The van der Waals surface area contributed by atoms with Crippen molar-refractivity contribution in [2.24, 2.45) is 5.73 Å². The highest BCUT2D eigenvalue weighted by Crippen LogP contribution is 2.28. The second-order valence-corrected chi connectivity index (χ2v) is 4.78. The lowest BCUT2D eigenvalue weighted by Crippen LogP contribution is -2.29. The smallest absolute Gasteiger partial charge is 0.131 e. The Hall–Kier alpha value is -0.840. The van der Waals surface area contributed by atoms with Crippen molar-refractivity contribution in [3.63, 3.8) is 0 Å². The van der Waals surface area contributed by atoms with Crippen LogP contribution in [0, 0.1) is 0 Å². The molecule has 1 aliphatic rings. The lowest BCUT2D eigenvalue weighted by molar-refractivity contribution is 0.00737. The van der Waals surface area contributed by atoms with Crippen LogP contribution in [-0.2, 0) is 4.74 Å². The molecule has 1 aromatic carbocycles. The minimum Gasteiger partial charge on any atom is -0.487 e. The van der Waals surface area contributed by atoms with Gasteiger partial charge in [0.25, 0.3) is 0 Å². The van der Waals surface area contributed by atoms with E-state index < -0.39 is 0 Å². The van der Waals surface area contributed by atoms with Gasteiger partial charge in [0.1, 0.15) is 16.8 Å². The van der Waals surface area contributed by atoms with Crippen LogP contribution >= 0.6 is 23.8 Å². The van der Waals surface area contributed by atoms with E-state index >= 15 is 0 Å². The zero-order valence-electron chi connectivity index (χ0n) is 9.32. The summed E-state index contributed by atoms with van der Waals surface area (Å²) in [6, 6.07) is 5.40. The fraction of sp³-hybridized carbons (Fsp3) is 0.417. The van der Waals surface area contributed by atoms with Crippen molar-refractivity contribution in [3.05, 3.63) is 28.8 Å². The van der Waals surface area contributed by atoms with Gasteiger partial charge in [-0.3, -0.25) is 0 Å². The van der Waals surface area contributed by atoms with Gasteiger partial charge in [-0.2, -0.15) is 0 Å². The first-order valence-corrected chi connectivity index (χ1v) is 6.30. The summed E-state index contributed by atoms with van der Waals surface area (Å²) in [5.41, 5.74) is 6.26. The number of thiocarbonyl (C=S) groups is 1. The number of ether oxygens (including phenoxy) is 2. The van der Waals surface area contributed by atoms with E-state index in [0.717, 1.165) is 19.4 Å². The van der Waals surface area contributed by atoms with E-state index in [0.29, 0.717) is 22.9 Å². The lowest BCUT2D eigenvalue weighted by Gasteiger charge is -2.24. The quantitative estimate of drug-likeness (QED) is 0.858. The fourth-order valence-electron chi connectivity index (χ4n) is 1.83. The van der Waals surface area contributed by atoms with Crippen molar-refractivity contribution in [3.8, 4) is 5.75 Å². The number of nitrogens with two attached hydrogens (primary N) is 1. The van der Waals surface area contributed by atoms with E-state index in [9.17, 15) is 0 Å². The molecule has 0 aliphatic carbocycles. The van der Waals surface area contributed by atoms with Crippen molar-refractivity contribution in [1.29, 1.82) is 0 Å². The van der Waals surface area contributed by atoms with Crippen LogP contribution in [0.2, 0.25) is 5.02 Å². The topological polar surface area (TPSA) is 44.5 Å². The molecular formula is C12H14ClNO2S. The Labute approximate surface area is 111 Å². The van der Waals surface area contributed by atoms with Crippen molar-refractivity contribution >= 4 is 28.8 Å². The molecule has 3 nitrogen and oxygen atoms in total. The van der Waals surface area contributed by atoms with Gasteiger partial charge >= 0.3 is 0 Å². The third kappa shape index (κ3) is 3.09. The summed E-state index contributed by atoms with van der Waals surface area (Å²) in [5.74, 6) is 0.639. The van der Waals surface area contributed by atoms with Gasteiger partial charge < -0.3 is 15.2 Å². The van der Waals surface area contributed by atoms with E-state index in [-0.39, 0.29) is 11.1 Å². The van der Waals surface area contributed by atoms with Gasteiger partial charge in [0.15, 0.2) is 0 Å². The maximum Gasteiger partial charge on any atom is 0.131 e. The number of halogens is 1. The standard InChI is InChI=1S/C12H14ClNO2S/c13-9-4-1-5-10(11(9)12(14)17)16-8-3-2-6-15-7-8/h1,4-5,8H,2-3,6-7H2,(H2,14,17). The molecule has 1 atom stereocenters. The van der Waals surface area contributed by atoms with Gasteiger partial charge in [-0.1, -0.05) is 29.9 Å². The molecule has 1 aromatic rings. The summed E-state index contributed by atoms with van der Waals surface area (Å²) in [6.07, 6.45) is 2.03. The number of benzene rings is 1. The Morgan fingerprint density at radius 2 is 2.35 bits per heavy atom. The Morgan fingerprint density at radius 1 is 1.53 bits per heavy atom. The molecule has 0 amide bonds. The molecule has 2 N–H and O–H groups in total. The minimum atomic E-state index is 0.0512. The predicted molar refractivity (Wildman–Crippen MR) is 71.8 cm³/mol. The molecule has 1 heterocycles. The molecular weight excluding hydrogens is 258 g/mol. The summed E-state index contributed by atoms with van der Waals surface area (Å²) in [4.78, 5) is 0.252. The molecule has 2 rings (SSSR count). The fourth-order valence-corrected chi connectivity index (χ4v) is 2.36.